The van der Waals surface area contributed by atoms with Crippen LogP contribution in [0.4, 0.5) is 0 Å². The molecule has 1 N–H and O–H groups in total. The van der Waals surface area contributed by atoms with E-state index in [1.165, 1.54) is 16.3 Å². The van der Waals surface area contributed by atoms with Gasteiger partial charge in [-0.1, -0.05) is 54.6 Å². The molecule has 5 rings (SSSR count). The average Bonchev–Trinajstić information content (AvgIpc) is 3.29. The highest BCUT2D eigenvalue weighted by Crippen LogP contribution is 2.35. The molecule has 0 aliphatic carbocycles. The molecule has 0 aromatic heterocycles. The van der Waals surface area contributed by atoms with Crippen LogP contribution >= 0.6 is 0 Å². The number of benzene rings is 4. The molecule has 0 bridgehead atoms. The van der Waals surface area contributed by atoms with Crippen LogP contribution in [0.25, 0.3) is 10.8 Å². The van der Waals surface area contributed by atoms with Gasteiger partial charge in [0.15, 0.2) is 0 Å². The predicted molar refractivity (Wildman–Crippen MR) is 125 cm³/mol. The maximum Gasteiger partial charge on any atom is 0.127 e. The SMILES string of the molecule is COc1ccc(C2=NC(c3cccc4ccccc34)NC2c2ccc(OC)cc2)cc1. The molecule has 0 amide bonds. The lowest BCUT2D eigenvalue weighted by atomic mass is 9.97. The van der Waals surface area contributed by atoms with Gasteiger partial charge in [0.2, 0.25) is 0 Å². The van der Waals surface area contributed by atoms with Gasteiger partial charge in [0.1, 0.15) is 17.7 Å². The van der Waals surface area contributed by atoms with Crippen LogP contribution in [0.5, 0.6) is 11.5 Å². The summed E-state index contributed by atoms with van der Waals surface area (Å²) in [7, 11) is 3.37. The average molecular weight is 409 g/mol. The van der Waals surface area contributed by atoms with Gasteiger partial charge in [0.25, 0.3) is 0 Å². The molecule has 4 heteroatoms. The number of fused-ring (bicyclic) bond motifs is 1. The highest BCUT2D eigenvalue weighted by atomic mass is 16.5. The Morgan fingerprint density at radius 2 is 1.35 bits per heavy atom. The smallest absolute Gasteiger partial charge is 0.127 e. The molecule has 2 atom stereocenters. The first kappa shape index (κ1) is 19.3. The first-order valence-corrected chi connectivity index (χ1v) is 10.4. The van der Waals surface area contributed by atoms with Crippen LogP contribution in [0.3, 0.4) is 0 Å². The summed E-state index contributed by atoms with van der Waals surface area (Å²) in [5.41, 5.74) is 4.43. The Kier molecular flexibility index (Phi) is 5.14. The van der Waals surface area contributed by atoms with Crippen molar-refractivity contribution in [2.24, 2.45) is 4.99 Å². The summed E-state index contributed by atoms with van der Waals surface area (Å²) in [6.45, 7) is 0. The van der Waals surface area contributed by atoms with E-state index >= 15 is 0 Å². The molecule has 1 aliphatic heterocycles. The fourth-order valence-corrected chi connectivity index (χ4v) is 4.19. The standard InChI is InChI=1S/C27H24N2O2/c1-30-21-14-10-19(11-15-21)25-26(20-12-16-22(31-2)17-13-20)29-27(28-25)24-9-5-7-18-6-3-4-8-23(18)24/h3-17,25,27-28H,1-2H3. The van der Waals surface area contributed by atoms with Crippen LogP contribution < -0.4 is 14.8 Å². The van der Waals surface area contributed by atoms with Crippen molar-refractivity contribution < 1.29 is 9.47 Å². The van der Waals surface area contributed by atoms with Crippen molar-refractivity contribution in [2.75, 3.05) is 14.2 Å². The van der Waals surface area contributed by atoms with E-state index in [0.717, 1.165) is 28.3 Å². The monoisotopic (exact) mass is 408 g/mol. The first-order chi connectivity index (χ1) is 15.3. The topological polar surface area (TPSA) is 42.8 Å². The second-order valence-electron chi connectivity index (χ2n) is 7.59. The summed E-state index contributed by atoms with van der Waals surface area (Å²) in [4.78, 5) is 5.17. The van der Waals surface area contributed by atoms with Crippen LogP contribution in [0, 0.1) is 0 Å². The van der Waals surface area contributed by atoms with E-state index < -0.39 is 0 Å². The van der Waals surface area contributed by atoms with E-state index in [1.54, 1.807) is 14.2 Å². The fraction of sp³-hybridized carbons (Fsp3) is 0.148. The molecule has 31 heavy (non-hydrogen) atoms. The minimum atomic E-state index is -0.129. The molecular formula is C27H24N2O2. The lowest BCUT2D eigenvalue weighted by molar-refractivity contribution is 0.414. The summed E-state index contributed by atoms with van der Waals surface area (Å²) in [6.07, 6.45) is -0.129. The van der Waals surface area contributed by atoms with Gasteiger partial charge >= 0.3 is 0 Å². The Morgan fingerprint density at radius 3 is 2.06 bits per heavy atom. The lowest BCUT2D eigenvalue weighted by Gasteiger charge is -2.18. The van der Waals surface area contributed by atoms with E-state index in [2.05, 4.69) is 72.0 Å². The van der Waals surface area contributed by atoms with Crippen LogP contribution in [0.2, 0.25) is 0 Å². The van der Waals surface area contributed by atoms with Gasteiger partial charge in [0.05, 0.1) is 26.0 Å². The molecular weight excluding hydrogens is 384 g/mol. The van der Waals surface area contributed by atoms with Gasteiger partial charge in [-0.2, -0.15) is 0 Å². The Morgan fingerprint density at radius 1 is 0.710 bits per heavy atom. The largest absolute Gasteiger partial charge is 0.497 e. The highest BCUT2D eigenvalue weighted by molar-refractivity contribution is 6.06. The quantitative estimate of drug-likeness (QED) is 0.461. The summed E-state index contributed by atoms with van der Waals surface area (Å²) >= 11 is 0. The third-order valence-corrected chi connectivity index (χ3v) is 5.82. The van der Waals surface area contributed by atoms with Crippen molar-refractivity contribution >= 4 is 16.5 Å². The molecule has 0 radical (unpaired) electrons. The van der Waals surface area contributed by atoms with Crippen LogP contribution in [0.15, 0.2) is 96.0 Å². The molecule has 1 aliphatic rings. The number of nitrogens with one attached hydrogen (secondary N) is 1. The zero-order valence-electron chi connectivity index (χ0n) is 17.6. The molecule has 4 aromatic carbocycles. The van der Waals surface area contributed by atoms with E-state index in [-0.39, 0.29) is 12.2 Å². The number of hydrogen-bond acceptors (Lipinski definition) is 4. The molecule has 0 spiro atoms. The van der Waals surface area contributed by atoms with Crippen LogP contribution in [-0.4, -0.2) is 19.9 Å². The van der Waals surface area contributed by atoms with Crippen molar-refractivity contribution in [1.82, 2.24) is 5.32 Å². The van der Waals surface area contributed by atoms with Crippen molar-refractivity contribution in [1.29, 1.82) is 0 Å². The van der Waals surface area contributed by atoms with E-state index in [0.29, 0.717) is 0 Å². The van der Waals surface area contributed by atoms with Crippen molar-refractivity contribution in [3.63, 3.8) is 0 Å². The van der Waals surface area contributed by atoms with Crippen molar-refractivity contribution in [3.05, 3.63) is 108 Å². The molecule has 0 saturated carbocycles. The van der Waals surface area contributed by atoms with Crippen LogP contribution in [-0.2, 0) is 0 Å². The summed E-state index contributed by atoms with van der Waals surface area (Å²) in [5.74, 6) is 1.68. The minimum absolute atomic E-state index is 0.0248. The van der Waals surface area contributed by atoms with Gasteiger partial charge in [-0.25, -0.2) is 0 Å². The number of rotatable bonds is 5. The number of hydrogen-bond donors (Lipinski definition) is 1. The fourth-order valence-electron chi connectivity index (χ4n) is 4.19. The number of aliphatic imine (C=N–C) groups is 1. The molecule has 154 valence electrons. The molecule has 0 fully saturated rings. The Balaban J connectivity index is 1.59. The van der Waals surface area contributed by atoms with E-state index in [9.17, 15) is 0 Å². The maximum atomic E-state index is 5.34. The Bertz CT molecular complexity index is 1230. The number of methoxy groups -OCH3 is 2. The Labute approximate surface area is 182 Å². The summed E-state index contributed by atoms with van der Waals surface area (Å²) < 4.78 is 10.7. The number of nitrogens with zero attached hydrogens (tertiary/aromatic N) is 1. The normalized spacial score (nSPS) is 18.1. The molecule has 1 heterocycles. The Hall–Kier alpha value is -3.63. The zero-order chi connectivity index (χ0) is 21.2. The van der Waals surface area contributed by atoms with Gasteiger partial charge < -0.3 is 9.47 Å². The second kappa shape index (κ2) is 8.25. The molecule has 0 saturated heterocycles. The first-order valence-electron chi connectivity index (χ1n) is 10.4. The van der Waals surface area contributed by atoms with Crippen molar-refractivity contribution in [2.45, 2.75) is 12.2 Å². The van der Waals surface area contributed by atoms with Crippen molar-refractivity contribution in [3.8, 4) is 11.5 Å². The minimum Gasteiger partial charge on any atom is -0.497 e. The van der Waals surface area contributed by atoms with Gasteiger partial charge in [0, 0.05) is 0 Å². The van der Waals surface area contributed by atoms with Crippen LogP contribution in [0.1, 0.15) is 28.9 Å². The van der Waals surface area contributed by atoms with Gasteiger partial charge in [-0.05, 0) is 63.9 Å². The lowest BCUT2D eigenvalue weighted by Crippen LogP contribution is -2.24. The van der Waals surface area contributed by atoms with E-state index in [4.69, 9.17) is 14.5 Å². The molecule has 4 nitrogen and oxygen atoms in total. The van der Waals surface area contributed by atoms with Gasteiger partial charge in [-0.15, -0.1) is 0 Å². The third kappa shape index (κ3) is 3.66. The van der Waals surface area contributed by atoms with Gasteiger partial charge in [-0.3, -0.25) is 10.3 Å². The third-order valence-electron chi connectivity index (χ3n) is 5.82. The number of ether oxygens (including phenoxy) is 2. The predicted octanol–water partition coefficient (Wildman–Crippen LogP) is 5.69. The molecule has 2 unspecified atom stereocenters. The summed E-state index contributed by atoms with van der Waals surface area (Å²) in [6, 6.07) is 31.1. The second-order valence-corrected chi connectivity index (χ2v) is 7.59. The highest BCUT2D eigenvalue weighted by Gasteiger charge is 2.31. The molecule has 4 aromatic rings. The van der Waals surface area contributed by atoms with E-state index in [1.807, 2.05) is 24.3 Å². The summed E-state index contributed by atoms with van der Waals surface area (Å²) in [5, 5.41) is 6.19. The maximum absolute atomic E-state index is 5.34. The zero-order valence-corrected chi connectivity index (χ0v) is 17.6.